The van der Waals surface area contributed by atoms with E-state index in [1.54, 1.807) is 6.07 Å². The van der Waals surface area contributed by atoms with Gasteiger partial charge >= 0.3 is 0 Å². The lowest BCUT2D eigenvalue weighted by molar-refractivity contribution is 0.213. The number of nitrogens with two attached hydrogens (primary N) is 1. The van der Waals surface area contributed by atoms with Crippen molar-refractivity contribution in [2.45, 2.75) is 39.8 Å². The van der Waals surface area contributed by atoms with Crippen LogP contribution in [0.3, 0.4) is 0 Å². The third-order valence-corrected chi connectivity index (χ3v) is 3.10. The SMILES string of the molecule is CCCN(Cc1cc(F)cc(C(N)=S)c1)C(C)C. The highest BCUT2D eigenvalue weighted by Crippen LogP contribution is 2.13. The number of hydrogen-bond donors (Lipinski definition) is 1. The fourth-order valence-electron chi connectivity index (χ4n) is 1.93. The first kappa shape index (κ1) is 15.1. The number of benzene rings is 1. The Bertz CT molecular complexity index is 418. The quantitative estimate of drug-likeness (QED) is 0.804. The minimum atomic E-state index is -0.282. The Labute approximate surface area is 114 Å². The van der Waals surface area contributed by atoms with Crippen molar-refractivity contribution in [3.05, 3.63) is 35.1 Å². The van der Waals surface area contributed by atoms with Gasteiger partial charge in [0.25, 0.3) is 0 Å². The molecule has 1 aromatic carbocycles. The normalized spacial score (nSPS) is 11.2. The maximum absolute atomic E-state index is 13.5. The van der Waals surface area contributed by atoms with E-state index in [2.05, 4.69) is 25.7 Å². The topological polar surface area (TPSA) is 29.3 Å². The first-order valence-corrected chi connectivity index (χ1v) is 6.68. The van der Waals surface area contributed by atoms with Crippen LogP contribution in [0, 0.1) is 5.82 Å². The maximum Gasteiger partial charge on any atom is 0.124 e. The Morgan fingerprint density at radius 1 is 1.39 bits per heavy atom. The van der Waals surface area contributed by atoms with Crippen molar-refractivity contribution in [2.24, 2.45) is 5.73 Å². The molecule has 0 spiro atoms. The van der Waals surface area contributed by atoms with Crippen molar-refractivity contribution in [3.63, 3.8) is 0 Å². The van der Waals surface area contributed by atoms with Crippen molar-refractivity contribution in [1.82, 2.24) is 4.90 Å². The Balaban J connectivity index is 2.91. The van der Waals surface area contributed by atoms with Crippen molar-refractivity contribution >= 4 is 17.2 Å². The molecule has 0 amide bonds. The number of nitrogens with zero attached hydrogens (tertiary/aromatic N) is 1. The Kier molecular flexibility index (Phi) is 5.69. The predicted octanol–water partition coefficient (Wildman–Crippen LogP) is 3.08. The van der Waals surface area contributed by atoms with Crippen LogP contribution >= 0.6 is 12.2 Å². The zero-order valence-electron chi connectivity index (χ0n) is 11.2. The molecule has 2 N–H and O–H groups in total. The van der Waals surface area contributed by atoms with Crippen molar-refractivity contribution in [2.75, 3.05) is 6.54 Å². The largest absolute Gasteiger partial charge is 0.389 e. The van der Waals surface area contributed by atoms with E-state index < -0.39 is 0 Å². The van der Waals surface area contributed by atoms with Gasteiger partial charge in [-0.2, -0.15) is 0 Å². The van der Waals surface area contributed by atoms with Crippen LogP contribution in [0.4, 0.5) is 4.39 Å². The number of rotatable bonds is 6. The summed E-state index contributed by atoms with van der Waals surface area (Å²) in [5.74, 6) is -0.282. The zero-order chi connectivity index (χ0) is 13.7. The Morgan fingerprint density at radius 2 is 2.06 bits per heavy atom. The minimum absolute atomic E-state index is 0.238. The molecule has 1 rings (SSSR count). The molecular weight excluding hydrogens is 247 g/mol. The Hall–Kier alpha value is -1.00. The van der Waals surface area contributed by atoms with Crippen LogP contribution in [0.5, 0.6) is 0 Å². The molecule has 0 heterocycles. The van der Waals surface area contributed by atoms with E-state index >= 15 is 0 Å². The molecule has 4 heteroatoms. The summed E-state index contributed by atoms with van der Waals surface area (Å²) in [7, 11) is 0. The zero-order valence-corrected chi connectivity index (χ0v) is 12.1. The first-order valence-electron chi connectivity index (χ1n) is 6.27. The van der Waals surface area contributed by atoms with Gasteiger partial charge in [0.1, 0.15) is 10.8 Å². The molecular formula is C14H21FN2S. The predicted molar refractivity (Wildman–Crippen MR) is 78.1 cm³/mol. The molecule has 0 unspecified atom stereocenters. The van der Waals surface area contributed by atoms with Gasteiger partial charge < -0.3 is 5.73 Å². The summed E-state index contributed by atoms with van der Waals surface area (Å²) < 4.78 is 13.5. The molecule has 0 aliphatic rings. The van der Waals surface area contributed by atoms with Crippen LogP contribution < -0.4 is 5.73 Å². The van der Waals surface area contributed by atoms with E-state index in [-0.39, 0.29) is 10.8 Å². The molecule has 0 radical (unpaired) electrons. The first-order chi connectivity index (χ1) is 8.43. The van der Waals surface area contributed by atoms with Gasteiger partial charge in [0, 0.05) is 18.2 Å². The summed E-state index contributed by atoms with van der Waals surface area (Å²) in [6, 6.07) is 5.23. The third kappa shape index (κ3) is 4.35. The van der Waals surface area contributed by atoms with Gasteiger partial charge in [0.05, 0.1) is 0 Å². The highest BCUT2D eigenvalue weighted by Gasteiger charge is 2.11. The lowest BCUT2D eigenvalue weighted by atomic mass is 10.1. The molecule has 0 aliphatic heterocycles. The molecule has 2 nitrogen and oxygen atoms in total. The monoisotopic (exact) mass is 268 g/mol. The van der Waals surface area contributed by atoms with Crippen molar-refractivity contribution in [3.8, 4) is 0 Å². The average Bonchev–Trinajstić information content (AvgIpc) is 2.27. The number of thiocarbonyl (C=S) groups is 1. The summed E-state index contributed by atoms with van der Waals surface area (Å²) in [6.07, 6.45) is 1.08. The molecule has 0 saturated carbocycles. The second-order valence-corrected chi connectivity index (χ2v) is 5.22. The second-order valence-electron chi connectivity index (χ2n) is 4.78. The van der Waals surface area contributed by atoms with Gasteiger partial charge in [-0.15, -0.1) is 0 Å². The highest BCUT2D eigenvalue weighted by atomic mass is 32.1. The van der Waals surface area contributed by atoms with Crippen LogP contribution in [0.2, 0.25) is 0 Å². The van der Waals surface area contributed by atoms with Crippen LogP contribution in [0.25, 0.3) is 0 Å². The van der Waals surface area contributed by atoms with Crippen molar-refractivity contribution in [1.29, 1.82) is 0 Å². The van der Waals surface area contributed by atoms with Crippen LogP contribution in [0.15, 0.2) is 18.2 Å². The van der Waals surface area contributed by atoms with Gasteiger partial charge in [-0.1, -0.05) is 19.1 Å². The van der Waals surface area contributed by atoms with E-state index in [9.17, 15) is 4.39 Å². The lowest BCUT2D eigenvalue weighted by Crippen LogP contribution is -2.31. The summed E-state index contributed by atoms with van der Waals surface area (Å²) in [6.45, 7) is 8.14. The summed E-state index contributed by atoms with van der Waals surface area (Å²) >= 11 is 4.90. The van der Waals surface area contributed by atoms with Gasteiger partial charge in [-0.05, 0) is 50.6 Å². The minimum Gasteiger partial charge on any atom is -0.389 e. The fourth-order valence-corrected chi connectivity index (χ4v) is 2.04. The van der Waals surface area contributed by atoms with E-state index in [0.29, 0.717) is 11.6 Å². The van der Waals surface area contributed by atoms with Crippen LogP contribution in [-0.4, -0.2) is 22.5 Å². The summed E-state index contributed by atoms with van der Waals surface area (Å²) in [5, 5.41) is 0. The third-order valence-electron chi connectivity index (χ3n) is 2.87. The molecule has 0 saturated heterocycles. The Morgan fingerprint density at radius 3 is 2.56 bits per heavy atom. The number of halogens is 1. The summed E-state index contributed by atoms with van der Waals surface area (Å²) in [4.78, 5) is 2.54. The van der Waals surface area contributed by atoms with Crippen LogP contribution in [0.1, 0.15) is 38.3 Å². The van der Waals surface area contributed by atoms with Gasteiger partial charge in [-0.3, -0.25) is 4.90 Å². The smallest absolute Gasteiger partial charge is 0.124 e. The molecule has 0 atom stereocenters. The molecule has 0 aromatic heterocycles. The molecule has 0 bridgehead atoms. The molecule has 100 valence electrons. The van der Waals surface area contributed by atoms with Gasteiger partial charge in [0.15, 0.2) is 0 Å². The molecule has 18 heavy (non-hydrogen) atoms. The highest BCUT2D eigenvalue weighted by molar-refractivity contribution is 7.80. The maximum atomic E-state index is 13.5. The van der Waals surface area contributed by atoms with E-state index in [1.807, 2.05) is 6.07 Å². The fraction of sp³-hybridized carbons (Fsp3) is 0.500. The van der Waals surface area contributed by atoms with E-state index in [4.69, 9.17) is 18.0 Å². The number of hydrogen-bond acceptors (Lipinski definition) is 2. The van der Waals surface area contributed by atoms with Gasteiger partial charge in [-0.25, -0.2) is 4.39 Å². The van der Waals surface area contributed by atoms with Gasteiger partial charge in [0.2, 0.25) is 0 Å². The second kappa shape index (κ2) is 6.81. The van der Waals surface area contributed by atoms with E-state index in [0.717, 1.165) is 25.1 Å². The van der Waals surface area contributed by atoms with Crippen LogP contribution in [-0.2, 0) is 6.54 Å². The lowest BCUT2D eigenvalue weighted by Gasteiger charge is -2.26. The average molecular weight is 268 g/mol. The molecule has 0 fully saturated rings. The summed E-state index contributed by atoms with van der Waals surface area (Å²) in [5.41, 5.74) is 7.07. The van der Waals surface area contributed by atoms with Crippen molar-refractivity contribution < 1.29 is 4.39 Å². The standard InChI is InChI=1S/C14H21FN2S/c1-4-5-17(10(2)3)9-11-6-12(14(16)18)8-13(15)7-11/h6-8,10H,4-5,9H2,1-3H3,(H2,16,18). The molecule has 0 aliphatic carbocycles. The van der Waals surface area contributed by atoms with E-state index in [1.165, 1.54) is 6.07 Å². The molecule has 1 aromatic rings.